The SMILES string of the molecule is CCC(C(=O)Nc1ccc(-c2cncc(F)c2)cc1)c1csc(NS(=O)C2CC2)n1. The zero-order chi connectivity index (χ0) is 21.1. The largest absolute Gasteiger partial charge is 0.326 e. The number of hydrogen-bond donors (Lipinski definition) is 2. The number of nitrogens with zero attached hydrogens (tertiary/aromatic N) is 2. The first-order valence-corrected chi connectivity index (χ1v) is 11.8. The maximum absolute atomic E-state index is 13.4. The van der Waals surface area contributed by atoms with Gasteiger partial charge in [-0.05, 0) is 43.0 Å². The molecule has 0 radical (unpaired) electrons. The predicted octanol–water partition coefficient (Wildman–Crippen LogP) is 4.71. The van der Waals surface area contributed by atoms with Gasteiger partial charge in [0, 0.05) is 22.8 Å². The van der Waals surface area contributed by atoms with Crippen molar-refractivity contribution < 1.29 is 13.4 Å². The molecule has 1 amide bonds. The second-order valence-electron chi connectivity index (χ2n) is 7.10. The van der Waals surface area contributed by atoms with Crippen LogP contribution in [0, 0.1) is 5.82 Å². The van der Waals surface area contributed by atoms with Crippen LogP contribution >= 0.6 is 11.3 Å². The van der Waals surface area contributed by atoms with Crippen molar-refractivity contribution in [1.82, 2.24) is 9.97 Å². The lowest BCUT2D eigenvalue weighted by molar-refractivity contribution is -0.117. The van der Waals surface area contributed by atoms with Crippen molar-refractivity contribution in [3.63, 3.8) is 0 Å². The summed E-state index contributed by atoms with van der Waals surface area (Å²) in [6.45, 7) is 1.93. The van der Waals surface area contributed by atoms with Gasteiger partial charge < -0.3 is 5.32 Å². The van der Waals surface area contributed by atoms with Crippen LogP contribution < -0.4 is 10.0 Å². The van der Waals surface area contributed by atoms with Gasteiger partial charge in [-0.15, -0.1) is 11.3 Å². The summed E-state index contributed by atoms with van der Waals surface area (Å²) in [5, 5.41) is 5.54. The van der Waals surface area contributed by atoms with Crippen LogP contribution in [-0.2, 0) is 15.8 Å². The Labute approximate surface area is 180 Å². The molecule has 1 aromatic carbocycles. The van der Waals surface area contributed by atoms with Crippen molar-refractivity contribution in [2.45, 2.75) is 37.4 Å². The Morgan fingerprint density at radius 3 is 2.70 bits per heavy atom. The molecule has 9 heteroatoms. The van der Waals surface area contributed by atoms with Crippen molar-refractivity contribution in [1.29, 1.82) is 0 Å². The number of halogens is 1. The first-order valence-electron chi connectivity index (χ1n) is 9.68. The molecule has 0 saturated heterocycles. The standard InChI is InChI=1S/C21H21FN4O2S2/c1-2-18(19-12-29-21(25-19)26-30(28)17-7-8-17)20(27)24-16-5-3-13(4-6-16)14-9-15(22)11-23-10-14/h3-6,9-12,17-18H,2,7-8H2,1H3,(H,24,27)(H,25,26). The molecule has 2 atom stereocenters. The normalized spacial score (nSPS) is 15.4. The number of benzene rings is 1. The molecule has 0 bridgehead atoms. The maximum Gasteiger partial charge on any atom is 0.233 e. The van der Waals surface area contributed by atoms with Crippen molar-refractivity contribution in [3.8, 4) is 11.1 Å². The monoisotopic (exact) mass is 444 g/mol. The summed E-state index contributed by atoms with van der Waals surface area (Å²) in [6, 6.07) is 8.59. The van der Waals surface area contributed by atoms with Gasteiger partial charge >= 0.3 is 0 Å². The quantitative estimate of drug-likeness (QED) is 0.527. The van der Waals surface area contributed by atoms with Crippen molar-refractivity contribution >= 4 is 39.0 Å². The van der Waals surface area contributed by atoms with Gasteiger partial charge in [0.2, 0.25) is 5.91 Å². The van der Waals surface area contributed by atoms with Crippen LogP contribution in [0.4, 0.5) is 15.2 Å². The van der Waals surface area contributed by atoms with E-state index in [2.05, 4.69) is 20.0 Å². The molecule has 0 spiro atoms. The third kappa shape index (κ3) is 4.91. The van der Waals surface area contributed by atoms with Crippen molar-refractivity contribution in [3.05, 3.63) is 59.6 Å². The van der Waals surface area contributed by atoms with Crippen molar-refractivity contribution in [2.75, 3.05) is 10.0 Å². The molecule has 1 fully saturated rings. The van der Waals surface area contributed by atoms with Gasteiger partial charge in [0.25, 0.3) is 0 Å². The third-order valence-corrected chi connectivity index (χ3v) is 7.19. The average molecular weight is 445 g/mol. The highest BCUT2D eigenvalue weighted by Crippen LogP contribution is 2.30. The Balaban J connectivity index is 1.41. The number of nitrogens with one attached hydrogen (secondary N) is 2. The summed E-state index contributed by atoms with van der Waals surface area (Å²) < 4.78 is 28.3. The van der Waals surface area contributed by atoms with Gasteiger partial charge in [0.15, 0.2) is 5.13 Å². The zero-order valence-electron chi connectivity index (χ0n) is 16.3. The summed E-state index contributed by atoms with van der Waals surface area (Å²) in [4.78, 5) is 21.1. The van der Waals surface area contributed by atoms with E-state index in [0.29, 0.717) is 28.5 Å². The molecular formula is C21H21FN4O2S2. The first kappa shape index (κ1) is 20.6. The minimum atomic E-state index is -1.11. The Hall–Kier alpha value is -2.65. The summed E-state index contributed by atoms with van der Waals surface area (Å²) in [7, 11) is -1.11. The molecule has 1 saturated carbocycles. The lowest BCUT2D eigenvalue weighted by Crippen LogP contribution is -2.21. The number of thiazole rings is 1. The van der Waals surface area contributed by atoms with E-state index in [1.807, 2.05) is 24.4 Å². The molecule has 3 aromatic rings. The number of amides is 1. The Bertz CT molecular complexity index is 1070. The van der Waals surface area contributed by atoms with Crippen LogP contribution in [0.2, 0.25) is 0 Å². The predicted molar refractivity (Wildman–Crippen MR) is 118 cm³/mol. The molecular weight excluding hydrogens is 423 g/mol. The molecule has 2 heterocycles. The molecule has 1 aliphatic carbocycles. The van der Waals surface area contributed by atoms with E-state index in [4.69, 9.17) is 0 Å². The van der Waals surface area contributed by atoms with Crippen LogP contribution in [0.1, 0.15) is 37.8 Å². The minimum Gasteiger partial charge on any atom is -0.326 e. The van der Waals surface area contributed by atoms with Crippen molar-refractivity contribution in [2.24, 2.45) is 0 Å². The summed E-state index contributed by atoms with van der Waals surface area (Å²) >= 11 is 1.36. The lowest BCUT2D eigenvalue weighted by Gasteiger charge is -2.13. The molecule has 2 N–H and O–H groups in total. The molecule has 156 valence electrons. The number of anilines is 2. The number of hydrogen-bond acceptors (Lipinski definition) is 5. The van der Waals surface area contributed by atoms with Gasteiger partial charge in [-0.1, -0.05) is 19.1 Å². The number of rotatable bonds is 8. The summed E-state index contributed by atoms with van der Waals surface area (Å²) in [5.41, 5.74) is 2.80. The second kappa shape index (κ2) is 9.01. The number of aromatic nitrogens is 2. The van der Waals surface area contributed by atoms with Gasteiger partial charge in [-0.3, -0.25) is 14.5 Å². The smallest absolute Gasteiger partial charge is 0.233 e. The fraction of sp³-hybridized carbons (Fsp3) is 0.286. The molecule has 2 aromatic heterocycles. The second-order valence-corrected chi connectivity index (χ2v) is 9.42. The molecule has 30 heavy (non-hydrogen) atoms. The number of pyridine rings is 1. The third-order valence-electron chi connectivity index (χ3n) is 4.81. The Morgan fingerprint density at radius 2 is 2.03 bits per heavy atom. The first-order chi connectivity index (χ1) is 14.5. The molecule has 0 aliphatic heterocycles. The topological polar surface area (TPSA) is 84.0 Å². The number of carbonyl (C=O) groups excluding carboxylic acids is 1. The molecule has 6 nitrogen and oxygen atoms in total. The van der Waals surface area contributed by atoms with E-state index in [1.54, 1.807) is 18.3 Å². The van der Waals surface area contributed by atoms with Gasteiger partial charge in [0.05, 0.1) is 23.1 Å². The van der Waals surface area contributed by atoms with Crippen LogP contribution in [0.5, 0.6) is 0 Å². The summed E-state index contributed by atoms with van der Waals surface area (Å²) in [6.07, 6.45) is 5.30. The van der Waals surface area contributed by atoms with E-state index in [1.165, 1.54) is 17.4 Å². The van der Waals surface area contributed by atoms with E-state index >= 15 is 0 Å². The van der Waals surface area contributed by atoms with E-state index in [0.717, 1.165) is 24.6 Å². The fourth-order valence-electron chi connectivity index (χ4n) is 3.02. The van der Waals surface area contributed by atoms with Gasteiger partial charge in [-0.2, -0.15) is 0 Å². The van der Waals surface area contributed by atoms with E-state index < -0.39 is 22.7 Å². The van der Waals surface area contributed by atoms with Crippen LogP contribution in [0.15, 0.2) is 48.1 Å². The van der Waals surface area contributed by atoms with Crippen LogP contribution in [0.25, 0.3) is 11.1 Å². The minimum absolute atomic E-state index is 0.155. The Morgan fingerprint density at radius 1 is 1.27 bits per heavy atom. The maximum atomic E-state index is 13.4. The molecule has 1 aliphatic rings. The lowest BCUT2D eigenvalue weighted by atomic mass is 10.0. The number of carbonyl (C=O) groups is 1. The highest BCUT2D eigenvalue weighted by Gasteiger charge is 2.29. The molecule has 4 rings (SSSR count). The summed E-state index contributed by atoms with van der Waals surface area (Å²) in [5.74, 6) is -0.954. The Kier molecular flexibility index (Phi) is 6.19. The van der Waals surface area contributed by atoms with Crippen LogP contribution in [-0.4, -0.2) is 25.3 Å². The van der Waals surface area contributed by atoms with Crippen LogP contribution in [0.3, 0.4) is 0 Å². The zero-order valence-corrected chi connectivity index (χ0v) is 17.9. The van der Waals surface area contributed by atoms with Gasteiger partial charge in [-0.25, -0.2) is 13.6 Å². The van der Waals surface area contributed by atoms with E-state index in [-0.39, 0.29) is 11.2 Å². The van der Waals surface area contributed by atoms with E-state index in [9.17, 15) is 13.4 Å². The highest BCUT2D eigenvalue weighted by atomic mass is 32.2. The van der Waals surface area contributed by atoms with Gasteiger partial charge in [0.1, 0.15) is 16.8 Å². The molecule has 2 unspecified atom stereocenters. The fourth-order valence-corrected chi connectivity index (χ4v) is 5.01. The highest BCUT2D eigenvalue weighted by molar-refractivity contribution is 7.87. The average Bonchev–Trinajstić information content (AvgIpc) is 3.50.